The predicted molar refractivity (Wildman–Crippen MR) is 125 cm³/mol. The molecule has 1 heterocycles. The lowest BCUT2D eigenvalue weighted by molar-refractivity contribution is -0.123. The fraction of sp³-hybridized carbons (Fsp3) is 0.417. The molecule has 8 heteroatoms. The van der Waals surface area contributed by atoms with Gasteiger partial charge in [0.25, 0.3) is 0 Å². The van der Waals surface area contributed by atoms with E-state index < -0.39 is 16.1 Å². The smallest absolute Gasteiger partial charge is 0.241 e. The molecule has 7 nitrogen and oxygen atoms in total. The first-order valence-corrected chi connectivity index (χ1v) is 12.3. The average molecular weight is 458 g/mol. The van der Waals surface area contributed by atoms with E-state index in [0.29, 0.717) is 13.0 Å². The molecule has 0 saturated carbocycles. The molecule has 0 aliphatic carbocycles. The normalized spacial score (nSPS) is 16.7. The Morgan fingerprint density at radius 2 is 1.78 bits per heavy atom. The summed E-state index contributed by atoms with van der Waals surface area (Å²) in [5.41, 5.74) is 3.61. The number of carbonyl (C=O) groups excluding carboxylic acids is 2. The van der Waals surface area contributed by atoms with Crippen molar-refractivity contribution in [3.8, 4) is 0 Å². The predicted octanol–water partition coefficient (Wildman–Crippen LogP) is 2.91. The Balaban J connectivity index is 1.75. The van der Waals surface area contributed by atoms with Gasteiger partial charge in [-0.1, -0.05) is 43.7 Å². The Hall–Kier alpha value is -2.71. The van der Waals surface area contributed by atoms with Gasteiger partial charge in [-0.25, -0.2) is 8.42 Å². The number of amides is 2. The molecule has 0 radical (unpaired) electrons. The molecule has 2 aromatic carbocycles. The molecule has 2 amide bonds. The second kappa shape index (κ2) is 9.42. The summed E-state index contributed by atoms with van der Waals surface area (Å²) in [7, 11) is -3.93. The van der Waals surface area contributed by atoms with Crippen LogP contribution < -0.4 is 14.9 Å². The van der Waals surface area contributed by atoms with E-state index in [-0.39, 0.29) is 28.7 Å². The Bertz CT molecular complexity index is 1110. The number of carbonyl (C=O) groups is 2. The number of aryl methyl sites for hydroxylation is 1. The fourth-order valence-electron chi connectivity index (χ4n) is 3.99. The van der Waals surface area contributed by atoms with Gasteiger partial charge in [0.1, 0.15) is 6.04 Å². The highest BCUT2D eigenvalue weighted by molar-refractivity contribution is 7.89. The summed E-state index contributed by atoms with van der Waals surface area (Å²) in [5, 5.41) is 2.83. The number of rotatable bonds is 7. The van der Waals surface area contributed by atoms with Crippen LogP contribution in [-0.4, -0.2) is 32.3 Å². The third-order valence-corrected chi connectivity index (χ3v) is 7.17. The van der Waals surface area contributed by atoms with E-state index in [9.17, 15) is 18.0 Å². The molecule has 1 aliphatic heterocycles. The van der Waals surface area contributed by atoms with E-state index >= 15 is 0 Å². The van der Waals surface area contributed by atoms with Crippen LogP contribution in [0.3, 0.4) is 0 Å². The lowest BCUT2D eigenvalue weighted by atomic mass is 10.0. The van der Waals surface area contributed by atoms with Crippen molar-refractivity contribution in [3.05, 3.63) is 59.2 Å². The van der Waals surface area contributed by atoms with E-state index in [1.807, 2.05) is 38.1 Å². The third-order valence-electron chi connectivity index (χ3n) is 5.73. The molecule has 3 rings (SSSR count). The highest BCUT2D eigenvalue weighted by Crippen LogP contribution is 2.34. The van der Waals surface area contributed by atoms with Crippen molar-refractivity contribution in [2.75, 3.05) is 4.90 Å². The molecule has 172 valence electrons. The zero-order chi connectivity index (χ0) is 23.6. The van der Waals surface area contributed by atoms with E-state index in [2.05, 4.69) is 10.0 Å². The van der Waals surface area contributed by atoms with Crippen LogP contribution in [0.25, 0.3) is 0 Å². The minimum absolute atomic E-state index is 0.0237. The summed E-state index contributed by atoms with van der Waals surface area (Å²) in [5.74, 6) is -0.692. The van der Waals surface area contributed by atoms with Crippen LogP contribution in [0.15, 0.2) is 47.4 Å². The molecular weight excluding hydrogens is 426 g/mol. The van der Waals surface area contributed by atoms with Gasteiger partial charge in [-0.2, -0.15) is 4.72 Å². The van der Waals surface area contributed by atoms with Crippen LogP contribution in [-0.2, 0) is 32.6 Å². The van der Waals surface area contributed by atoms with Gasteiger partial charge in [-0.15, -0.1) is 0 Å². The van der Waals surface area contributed by atoms with Crippen LogP contribution in [0.4, 0.5) is 5.69 Å². The van der Waals surface area contributed by atoms with Gasteiger partial charge in [-0.05, 0) is 55.5 Å². The van der Waals surface area contributed by atoms with Crippen molar-refractivity contribution in [1.82, 2.24) is 10.0 Å². The monoisotopic (exact) mass is 457 g/mol. The van der Waals surface area contributed by atoms with Crippen LogP contribution in [0.2, 0.25) is 0 Å². The van der Waals surface area contributed by atoms with Gasteiger partial charge in [0.05, 0.1) is 4.90 Å². The van der Waals surface area contributed by atoms with Crippen molar-refractivity contribution in [3.63, 3.8) is 0 Å². The van der Waals surface area contributed by atoms with Crippen LogP contribution in [0.1, 0.15) is 44.4 Å². The number of sulfonamides is 1. The first-order chi connectivity index (χ1) is 15.0. The minimum atomic E-state index is -3.93. The molecule has 1 aliphatic rings. The van der Waals surface area contributed by atoms with Crippen LogP contribution in [0.5, 0.6) is 0 Å². The number of hydrogen-bond donors (Lipinski definition) is 2. The van der Waals surface area contributed by atoms with E-state index in [1.54, 1.807) is 30.9 Å². The maximum atomic E-state index is 13.1. The first kappa shape index (κ1) is 23.9. The third kappa shape index (κ3) is 5.19. The van der Waals surface area contributed by atoms with Gasteiger partial charge in [0.15, 0.2) is 0 Å². The van der Waals surface area contributed by atoms with Crippen LogP contribution in [0, 0.1) is 12.8 Å². The Labute approximate surface area is 190 Å². The summed E-state index contributed by atoms with van der Waals surface area (Å²) in [4.78, 5) is 26.5. The standard InChI is InChI=1S/C24H31N3O4S/c1-15(2)23(24(29)25-14-19-8-6-16(3)7-9-19)26-32(30,31)21-10-11-22-20(13-21)12-17(4)27(22)18(5)28/h6-11,13,15,17,23,26H,12,14H2,1-5H3,(H,25,29)/t17-,23-/m0/s1. The number of fused-ring (bicyclic) bond motifs is 1. The van der Waals surface area contributed by atoms with Crippen molar-refractivity contribution in [2.24, 2.45) is 5.92 Å². The van der Waals surface area contributed by atoms with Gasteiger partial charge in [0.2, 0.25) is 21.8 Å². The lowest BCUT2D eigenvalue weighted by Crippen LogP contribution is -2.49. The van der Waals surface area contributed by atoms with E-state index in [1.165, 1.54) is 13.0 Å². The zero-order valence-electron chi connectivity index (χ0n) is 19.2. The lowest BCUT2D eigenvalue weighted by Gasteiger charge is -2.22. The second-order valence-corrected chi connectivity index (χ2v) is 10.5. The van der Waals surface area contributed by atoms with Gasteiger partial charge >= 0.3 is 0 Å². The van der Waals surface area contributed by atoms with Gasteiger partial charge < -0.3 is 10.2 Å². The SMILES string of the molecule is CC(=O)N1c2ccc(S(=O)(=O)N[C@H](C(=O)NCc3ccc(C)cc3)C(C)C)cc2C[C@@H]1C. The molecule has 0 bridgehead atoms. The summed E-state index contributed by atoms with van der Waals surface area (Å²) in [6.07, 6.45) is 0.586. The number of hydrogen-bond acceptors (Lipinski definition) is 4. The summed E-state index contributed by atoms with van der Waals surface area (Å²) >= 11 is 0. The van der Waals surface area contributed by atoms with E-state index in [0.717, 1.165) is 22.4 Å². The number of anilines is 1. The Kier molecular flexibility index (Phi) is 7.05. The number of nitrogens with one attached hydrogen (secondary N) is 2. The molecular formula is C24H31N3O4S. The highest BCUT2D eigenvalue weighted by atomic mass is 32.2. The maximum absolute atomic E-state index is 13.1. The average Bonchev–Trinajstić information content (AvgIpc) is 3.06. The van der Waals surface area contributed by atoms with E-state index in [4.69, 9.17) is 0 Å². The van der Waals surface area contributed by atoms with Gasteiger partial charge in [-0.3, -0.25) is 9.59 Å². The molecule has 0 fully saturated rings. The summed E-state index contributed by atoms with van der Waals surface area (Å²) in [6, 6.07) is 11.6. The largest absolute Gasteiger partial charge is 0.351 e. The fourth-order valence-corrected chi connectivity index (χ4v) is 5.38. The molecule has 0 unspecified atom stereocenters. The summed E-state index contributed by atoms with van der Waals surface area (Å²) in [6.45, 7) is 9.34. The molecule has 32 heavy (non-hydrogen) atoms. The Morgan fingerprint density at radius 1 is 1.12 bits per heavy atom. The van der Waals surface area contributed by atoms with Crippen molar-refractivity contribution in [1.29, 1.82) is 0 Å². The van der Waals surface area contributed by atoms with Crippen LogP contribution >= 0.6 is 0 Å². The quantitative estimate of drug-likeness (QED) is 0.668. The Morgan fingerprint density at radius 3 is 2.38 bits per heavy atom. The molecule has 2 atom stereocenters. The maximum Gasteiger partial charge on any atom is 0.241 e. The van der Waals surface area contributed by atoms with Crippen molar-refractivity contribution < 1.29 is 18.0 Å². The second-order valence-electron chi connectivity index (χ2n) is 8.78. The molecule has 2 N–H and O–H groups in total. The topological polar surface area (TPSA) is 95.6 Å². The molecule has 0 aromatic heterocycles. The molecule has 2 aromatic rings. The van der Waals surface area contributed by atoms with Crippen molar-refractivity contribution >= 4 is 27.5 Å². The molecule has 0 saturated heterocycles. The minimum Gasteiger partial charge on any atom is -0.351 e. The van der Waals surface area contributed by atoms with Gasteiger partial charge in [0, 0.05) is 25.2 Å². The first-order valence-electron chi connectivity index (χ1n) is 10.8. The summed E-state index contributed by atoms with van der Waals surface area (Å²) < 4.78 is 28.7. The number of nitrogens with zero attached hydrogens (tertiary/aromatic N) is 1. The highest BCUT2D eigenvalue weighted by Gasteiger charge is 2.32. The zero-order valence-corrected chi connectivity index (χ0v) is 20.0. The molecule has 0 spiro atoms. The number of benzene rings is 2. The van der Waals surface area contributed by atoms with Crippen molar-refractivity contribution in [2.45, 2.75) is 64.6 Å².